The van der Waals surface area contributed by atoms with Gasteiger partial charge in [0.1, 0.15) is 4.83 Å². The maximum Gasteiger partial charge on any atom is 0.266 e. The van der Waals surface area contributed by atoms with Crippen LogP contribution in [0.3, 0.4) is 0 Å². The zero-order valence-corrected chi connectivity index (χ0v) is 16.1. The number of benzene rings is 1. The van der Waals surface area contributed by atoms with E-state index >= 15 is 0 Å². The molecule has 0 spiro atoms. The van der Waals surface area contributed by atoms with Gasteiger partial charge in [-0.05, 0) is 36.8 Å². The number of fused-ring (bicyclic) bond motifs is 1. The van der Waals surface area contributed by atoms with Crippen LogP contribution in [0.4, 0.5) is 5.69 Å². The number of aromatic nitrogens is 2. The number of amides is 1. The van der Waals surface area contributed by atoms with Crippen LogP contribution in [-0.2, 0) is 16.9 Å². The number of carbonyl (C=O) groups is 1. The van der Waals surface area contributed by atoms with Gasteiger partial charge in [-0.2, -0.15) is 0 Å². The highest BCUT2D eigenvalue weighted by molar-refractivity contribution is 7.91. The Hall–Kier alpha value is -2.52. The first kappa shape index (κ1) is 18.3. The number of carbonyl (C=O) groups excluding carboxylic acids is 1. The van der Waals surface area contributed by atoms with Crippen LogP contribution < -0.4 is 10.9 Å². The van der Waals surface area contributed by atoms with Crippen LogP contribution in [0, 0.1) is 6.92 Å². The first-order chi connectivity index (χ1) is 12.2. The highest BCUT2D eigenvalue weighted by Gasteiger charge is 2.19. The zero-order chi connectivity index (χ0) is 19.1. The quantitative estimate of drug-likeness (QED) is 0.736. The fourth-order valence-electron chi connectivity index (χ4n) is 2.53. The van der Waals surface area contributed by atoms with Gasteiger partial charge in [-0.1, -0.05) is 6.92 Å². The van der Waals surface area contributed by atoms with E-state index in [-0.39, 0.29) is 22.1 Å². The van der Waals surface area contributed by atoms with Gasteiger partial charge in [0.15, 0.2) is 9.84 Å². The normalized spacial score (nSPS) is 11.7. The summed E-state index contributed by atoms with van der Waals surface area (Å²) in [6.07, 6.45) is 1.43. The van der Waals surface area contributed by atoms with Crippen molar-refractivity contribution in [3.63, 3.8) is 0 Å². The number of nitrogens with zero attached hydrogens (tertiary/aromatic N) is 2. The zero-order valence-electron chi connectivity index (χ0n) is 14.4. The molecule has 0 aliphatic heterocycles. The summed E-state index contributed by atoms with van der Waals surface area (Å²) in [7, 11) is -1.68. The Kier molecular flexibility index (Phi) is 4.68. The Morgan fingerprint density at radius 3 is 2.54 bits per heavy atom. The van der Waals surface area contributed by atoms with Crippen LogP contribution in [-0.4, -0.2) is 29.6 Å². The highest BCUT2D eigenvalue weighted by atomic mass is 32.2. The van der Waals surface area contributed by atoms with Crippen molar-refractivity contribution in [2.45, 2.75) is 18.7 Å². The fraction of sp³-hybridized carbons (Fsp3) is 0.235. The molecule has 0 radical (unpaired) electrons. The molecule has 0 fully saturated rings. The molecular formula is C17H17N3O4S2. The predicted molar refractivity (Wildman–Crippen MR) is 102 cm³/mol. The molecule has 0 bridgehead atoms. The fourth-order valence-corrected chi connectivity index (χ4v) is 4.44. The van der Waals surface area contributed by atoms with Crippen molar-refractivity contribution in [2.24, 2.45) is 7.05 Å². The minimum absolute atomic E-state index is 0.0155. The van der Waals surface area contributed by atoms with Crippen LogP contribution >= 0.6 is 11.3 Å². The summed E-state index contributed by atoms with van der Waals surface area (Å²) in [5.41, 5.74) is 0.862. The van der Waals surface area contributed by atoms with Gasteiger partial charge in [0.05, 0.1) is 27.2 Å². The SMILES string of the molecule is CCS(=O)(=O)c1ccc(NC(=O)c2sc3ncn(C)c(=O)c3c2C)cc1. The number of anilines is 1. The minimum atomic E-state index is -3.28. The molecule has 1 N–H and O–H groups in total. The van der Waals surface area contributed by atoms with Gasteiger partial charge in [-0.25, -0.2) is 13.4 Å². The first-order valence-electron chi connectivity index (χ1n) is 7.83. The third kappa shape index (κ3) is 3.15. The lowest BCUT2D eigenvalue weighted by atomic mass is 10.2. The average molecular weight is 391 g/mol. The van der Waals surface area contributed by atoms with E-state index < -0.39 is 9.84 Å². The minimum Gasteiger partial charge on any atom is -0.321 e. The van der Waals surface area contributed by atoms with Gasteiger partial charge in [0, 0.05) is 12.7 Å². The maximum atomic E-state index is 12.6. The third-order valence-corrected chi connectivity index (χ3v) is 7.02. The Morgan fingerprint density at radius 1 is 1.27 bits per heavy atom. The monoisotopic (exact) mass is 391 g/mol. The lowest BCUT2D eigenvalue weighted by molar-refractivity contribution is 0.103. The average Bonchev–Trinajstić information content (AvgIpc) is 2.96. The number of nitrogens with one attached hydrogen (secondary N) is 1. The van der Waals surface area contributed by atoms with Gasteiger partial charge in [0.2, 0.25) is 0 Å². The molecule has 7 nitrogen and oxygen atoms in total. The molecule has 1 amide bonds. The van der Waals surface area contributed by atoms with Crippen molar-refractivity contribution in [3.05, 3.63) is 51.4 Å². The smallest absolute Gasteiger partial charge is 0.266 e. The molecule has 2 aromatic heterocycles. The molecule has 0 aliphatic carbocycles. The molecule has 3 rings (SSSR count). The van der Waals surface area contributed by atoms with Crippen LogP contribution in [0.5, 0.6) is 0 Å². The Bertz CT molecular complexity index is 1160. The summed E-state index contributed by atoms with van der Waals surface area (Å²) in [4.78, 5) is 30.2. The summed E-state index contributed by atoms with van der Waals surface area (Å²) in [5.74, 6) is -0.347. The molecule has 26 heavy (non-hydrogen) atoms. The Morgan fingerprint density at radius 2 is 1.92 bits per heavy atom. The van der Waals surface area contributed by atoms with Crippen LogP contribution in [0.15, 0.2) is 40.3 Å². The number of hydrogen-bond acceptors (Lipinski definition) is 6. The van der Waals surface area contributed by atoms with Crippen molar-refractivity contribution in [1.82, 2.24) is 9.55 Å². The molecule has 0 saturated heterocycles. The topological polar surface area (TPSA) is 98.1 Å². The van der Waals surface area contributed by atoms with E-state index in [0.717, 1.165) is 11.3 Å². The van der Waals surface area contributed by atoms with Crippen molar-refractivity contribution < 1.29 is 13.2 Å². The second kappa shape index (κ2) is 6.65. The molecule has 0 unspecified atom stereocenters. The van der Waals surface area contributed by atoms with Gasteiger partial charge < -0.3 is 9.88 Å². The Labute approximate surface area is 154 Å². The highest BCUT2D eigenvalue weighted by Crippen LogP contribution is 2.27. The molecule has 0 saturated carbocycles. The molecule has 9 heteroatoms. The summed E-state index contributed by atoms with van der Waals surface area (Å²) in [6, 6.07) is 6.01. The number of thiophene rings is 1. The van der Waals surface area contributed by atoms with Crippen molar-refractivity contribution in [2.75, 3.05) is 11.1 Å². The summed E-state index contributed by atoms with van der Waals surface area (Å²) >= 11 is 1.15. The molecule has 2 heterocycles. The summed E-state index contributed by atoms with van der Waals surface area (Å²) in [6.45, 7) is 3.29. The van der Waals surface area contributed by atoms with E-state index in [1.54, 1.807) is 33.0 Å². The van der Waals surface area contributed by atoms with Crippen molar-refractivity contribution in [3.8, 4) is 0 Å². The van der Waals surface area contributed by atoms with E-state index in [4.69, 9.17) is 0 Å². The van der Waals surface area contributed by atoms with E-state index in [1.165, 1.54) is 23.0 Å². The van der Waals surface area contributed by atoms with Gasteiger partial charge in [0.25, 0.3) is 11.5 Å². The molecular weight excluding hydrogens is 374 g/mol. The predicted octanol–water partition coefficient (Wildman–Crippen LogP) is 2.35. The van der Waals surface area contributed by atoms with E-state index in [0.29, 0.717) is 26.3 Å². The molecule has 0 atom stereocenters. The second-order valence-corrected chi connectivity index (χ2v) is 9.06. The van der Waals surface area contributed by atoms with Crippen LogP contribution in [0.1, 0.15) is 22.2 Å². The lowest BCUT2D eigenvalue weighted by Crippen LogP contribution is -2.17. The van der Waals surface area contributed by atoms with Crippen LogP contribution in [0.2, 0.25) is 0 Å². The molecule has 0 aliphatic rings. The van der Waals surface area contributed by atoms with E-state index in [9.17, 15) is 18.0 Å². The summed E-state index contributed by atoms with van der Waals surface area (Å²) in [5, 5.41) is 3.17. The van der Waals surface area contributed by atoms with Crippen LogP contribution in [0.25, 0.3) is 10.2 Å². The largest absolute Gasteiger partial charge is 0.321 e. The van der Waals surface area contributed by atoms with Gasteiger partial charge in [-0.3, -0.25) is 9.59 Å². The van der Waals surface area contributed by atoms with E-state index in [2.05, 4.69) is 10.3 Å². The van der Waals surface area contributed by atoms with Crippen molar-refractivity contribution in [1.29, 1.82) is 0 Å². The number of hydrogen-bond donors (Lipinski definition) is 1. The molecule has 136 valence electrons. The lowest BCUT2D eigenvalue weighted by Gasteiger charge is -2.06. The number of rotatable bonds is 4. The van der Waals surface area contributed by atoms with Gasteiger partial charge in [-0.15, -0.1) is 11.3 Å². The van der Waals surface area contributed by atoms with Gasteiger partial charge >= 0.3 is 0 Å². The number of sulfone groups is 1. The standard InChI is InChI=1S/C17H17N3O4S2/c1-4-26(23,24)12-7-5-11(6-8-12)19-15(21)14-10(2)13-16(25-14)18-9-20(3)17(13)22/h5-9H,4H2,1-3H3,(H,19,21). The van der Waals surface area contributed by atoms with E-state index in [1.807, 2.05) is 0 Å². The summed E-state index contributed by atoms with van der Waals surface area (Å²) < 4.78 is 25.0. The Balaban J connectivity index is 1.92. The first-order valence-corrected chi connectivity index (χ1v) is 10.3. The second-order valence-electron chi connectivity index (χ2n) is 5.78. The maximum absolute atomic E-state index is 12.6. The van der Waals surface area contributed by atoms with Crippen molar-refractivity contribution >= 4 is 43.0 Å². The molecule has 3 aromatic rings. The number of aryl methyl sites for hydroxylation is 2. The third-order valence-electron chi connectivity index (χ3n) is 4.07. The molecule has 1 aromatic carbocycles.